The summed E-state index contributed by atoms with van der Waals surface area (Å²) in [5.74, 6) is 0. The molecule has 2 rings (SSSR count). The predicted octanol–water partition coefficient (Wildman–Crippen LogP) is 5.29. The third-order valence-corrected chi connectivity index (χ3v) is 4.15. The number of rotatable bonds is 1. The van der Waals surface area contributed by atoms with Gasteiger partial charge in [-0.3, -0.25) is 0 Å². The van der Waals surface area contributed by atoms with Gasteiger partial charge >= 0.3 is 6.18 Å². The maximum absolute atomic E-state index is 12.5. The largest absolute Gasteiger partial charge is 0.416 e. The van der Waals surface area contributed by atoms with Crippen LogP contribution in [0.15, 0.2) is 42.5 Å². The minimum absolute atomic E-state index is 0.617. The van der Waals surface area contributed by atoms with Crippen molar-refractivity contribution in [3.05, 3.63) is 57.2 Å². The van der Waals surface area contributed by atoms with Crippen molar-refractivity contribution in [1.29, 1.82) is 0 Å². The molecule has 0 aliphatic carbocycles. The molecule has 0 aromatic heterocycles. The van der Waals surface area contributed by atoms with Gasteiger partial charge in [0.1, 0.15) is 0 Å². The van der Waals surface area contributed by atoms with Crippen molar-refractivity contribution in [1.82, 2.24) is 0 Å². The fourth-order valence-electron chi connectivity index (χ4n) is 1.71. The van der Waals surface area contributed by atoms with E-state index < -0.39 is 11.7 Å². The molecule has 0 saturated carbocycles. The molecule has 18 heavy (non-hydrogen) atoms. The quantitative estimate of drug-likeness (QED) is 0.605. The van der Waals surface area contributed by atoms with Crippen LogP contribution < -0.4 is 0 Å². The molecule has 0 unspecified atom stereocenters. The number of benzene rings is 2. The summed E-state index contributed by atoms with van der Waals surface area (Å²) in [4.78, 5) is 0. The summed E-state index contributed by atoms with van der Waals surface area (Å²) in [6, 6.07) is 11.1. The monoisotopic (exact) mass is 362 g/mol. The molecule has 4 heteroatoms. The number of halogens is 4. The van der Waals surface area contributed by atoms with Gasteiger partial charge in [0, 0.05) is 3.57 Å². The van der Waals surface area contributed by atoms with Crippen LogP contribution in [0.25, 0.3) is 11.1 Å². The van der Waals surface area contributed by atoms with Crippen molar-refractivity contribution < 1.29 is 13.2 Å². The molecule has 2 aromatic rings. The second kappa shape index (κ2) is 4.91. The lowest BCUT2D eigenvalue weighted by atomic mass is 10.0. The van der Waals surface area contributed by atoms with Gasteiger partial charge in [0.15, 0.2) is 0 Å². The van der Waals surface area contributed by atoms with Crippen LogP contribution in [0.4, 0.5) is 13.2 Å². The highest BCUT2D eigenvalue weighted by atomic mass is 127. The van der Waals surface area contributed by atoms with Gasteiger partial charge in [-0.15, -0.1) is 0 Å². The molecular formula is C14H10F3I. The van der Waals surface area contributed by atoms with E-state index in [1.807, 2.05) is 25.1 Å². The molecule has 0 atom stereocenters. The molecule has 0 fully saturated rings. The number of aryl methyl sites for hydroxylation is 1. The summed E-state index contributed by atoms with van der Waals surface area (Å²) in [6.07, 6.45) is -4.28. The zero-order valence-corrected chi connectivity index (χ0v) is 11.7. The summed E-state index contributed by atoms with van der Waals surface area (Å²) in [5, 5.41) is 0. The zero-order chi connectivity index (χ0) is 13.3. The minimum Gasteiger partial charge on any atom is -0.166 e. The Hall–Kier alpha value is -1.04. The van der Waals surface area contributed by atoms with Crippen LogP contribution >= 0.6 is 22.6 Å². The number of hydrogen-bond donors (Lipinski definition) is 0. The van der Waals surface area contributed by atoms with Crippen molar-refractivity contribution in [2.24, 2.45) is 0 Å². The molecule has 94 valence electrons. The first-order valence-electron chi connectivity index (χ1n) is 5.32. The Kier molecular flexibility index (Phi) is 3.66. The van der Waals surface area contributed by atoms with Crippen molar-refractivity contribution in [3.63, 3.8) is 0 Å². The topological polar surface area (TPSA) is 0 Å². The van der Waals surface area contributed by atoms with Gasteiger partial charge in [0.05, 0.1) is 5.56 Å². The van der Waals surface area contributed by atoms with Crippen molar-refractivity contribution >= 4 is 22.6 Å². The number of alkyl halides is 3. The molecule has 0 aliphatic heterocycles. The van der Waals surface area contributed by atoms with Gasteiger partial charge < -0.3 is 0 Å². The summed E-state index contributed by atoms with van der Waals surface area (Å²) in [7, 11) is 0. The van der Waals surface area contributed by atoms with Crippen LogP contribution in [0, 0.1) is 10.5 Å². The highest BCUT2D eigenvalue weighted by Gasteiger charge is 2.29. The Balaban J connectivity index is 2.44. The van der Waals surface area contributed by atoms with Crippen molar-refractivity contribution in [2.75, 3.05) is 0 Å². The van der Waals surface area contributed by atoms with Gasteiger partial charge in [-0.1, -0.05) is 30.3 Å². The lowest BCUT2D eigenvalue weighted by Gasteiger charge is -2.10. The maximum atomic E-state index is 12.5. The van der Waals surface area contributed by atoms with Gasteiger partial charge in [-0.05, 0) is 58.3 Å². The lowest BCUT2D eigenvalue weighted by molar-refractivity contribution is -0.137. The normalized spacial score (nSPS) is 11.6. The SMILES string of the molecule is Cc1cccc(-c2ccc(C(F)(F)F)cc2)c1I. The molecule has 2 aromatic carbocycles. The van der Waals surface area contributed by atoms with Gasteiger partial charge in [0.25, 0.3) is 0 Å². The Morgan fingerprint density at radius 1 is 0.944 bits per heavy atom. The highest BCUT2D eigenvalue weighted by molar-refractivity contribution is 14.1. The molecule has 0 heterocycles. The fraction of sp³-hybridized carbons (Fsp3) is 0.143. The van der Waals surface area contributed by atoms with E-state index in [0.717, 1.165) is 32.4 Å². The van der Waals surface area contributed by atoms with E-state index in [1.165, 1.54) is 12.1 Å². The van der Waals surface area contributed by atoms with E-state index >= 15 is 0 Å². The van der Waals surface area contributed by atoms with E-state index in [1.54, 1.807) is 0 Å². The Labute approximate surface area is 117 Å². The molecular weight excluding hydrogens is 352 g/mol. The second-order valence-corrected chi connectivity index (χ2v) is 5.09. The summed E-state index contributed by atoms with van der Waals surface area (Å²) >= 11 is 2.21. The summed E-state index contributed by atoms with van der Waals surface area (Å²) < 4.78 is 38.5. The van der Waals surface area contributed by atoms with E-state index in [9.17, 15) is 13.2 Å². The van der Waals surface area contributed by atoms with Crippen molar-refractivity contribution in [3.8, 4) is 11.1 Å². The first kappa shape index (κ1) is 13.4. The third-order valence-electron chi connectivity index (χ3n) is 2.72. The summed E-state index contributed by atoms with van der Waals surface area (Å²) in [6.45, 7) is 1.98. The minimum atomic E-state index is -4.28. The Bertz CT molecular complexity index is 556. The van der Waals surface area contributed by atoms with Crippen LogP contribution in [-0.2, 0) is 6.18 Å². The van der Waals surface area contributed by atoms with Gasteiger partial charge in [-0.2, -0.15) is 13.2 Å². The predicted molar refractivity (Wildman–Crippen MR) is 74.3 cm³/mol. The van der Waals surface area contributed by atoms with Gasteiger partial charge in [-0.25, -0.2) is 0 Å². The van der Waals surface area contributed by atoms with Crippen LogP contribution in [0.1, 0.15) is 11.1 Å². The number of hydrogen-bond acceptors (Lipinski definition) is 0. The molecule has 0 N–H and O–H groups in total. The lowest BCUT2D eigenvalue weighted by Crippen LogP contribution is -2.04. The molecule has 0 aliphatic rings. The first-order chi connectivity index (χ1) is 8.39. The second-order valence-electron chi connectivity index (χ2n) is 4.01. The fourth-order valence-corrected chi connectivity index (χ4v) is 2.38. The molecule has 0 amide bonds. The van der Waals surface area contributed by atoms with Crippen LogP contribution in [-0.4, -0.2) is 0 Å². The zero-order valence-electron chi connectivity index (χ0n) is 9.55. The molecule has 0 radical (unpaired) electrons. The Morgan fingerprint density at radius 3 is 2.11 bits per heavy atom. The van der Waals surface area contributed by atoms with E-state index in [-0.39, 0.29) is 0 Å². The van der Waals surface area contributed by atoms with Gasteiger partial charge in [0.2, 0.25) is 0 Å². The molecule has 0 nitrogen and oxygen atoms in total. The standard InChI is InChI=1S/C14H10F3I/c1-9-3-2-4-12(13(9)18)10-5-7-11(8-6-10)14(15,16)17/h2-8H,1H3. The highest BCUT2D eigenvalue weighted by Crippen LogP contribution is 2.32. The van der Waals surface area contributed by atoms with E-state index in [0.29, 0.717) is 0 Å². The Morgan fingerprint density at radius 2 is 1.56 bits per heavy atom. The third kappa shape index (κ3) is 2.68. The molecule has 0 spiro atoms. The molecule has 0 bridgehead atoms. The van der Waals surface area contributed by atoms with Crippen LogP contribution in [0.3, 0.4) is 0 Å². The summed E-state index contributed by atoms with van der Waals surface area (Å²) in [5.41, 5.74) is 2.27. The first-order valence-corrected chi connectivity index (χ1v) is 6.40. The average Bonchev–Trinajstić information content (AvgIpc) is 2.32. The smallest absolute Gasteiger partial charge is 0.166 e. The average molecular weight is 362 g/mol. The van der Waals surface area contributed by atoms with E-state index in [4.69, 9.17) is 0 Å². The van der Waals surface area contributed by atoms with Crippen LogP contribution in [0.5, 0.6) is 0 Å². The van der Waals surface area contributed by atoms with E-state index in [2.05, 4.69) is 22.6 Å². The maximum Gasteiger partial charge on any atom is 0.416 e. The van der Waals surface area contributed by atoms with Crippen LogP contribution in [0.2, 0.25) is 0 Å². The molecule has 0 saturated heterocycles. The van der Waals surface area contributed by atoms with Crippen molar-refractivity contribution in [2.45, 2.75) is 13.1 Å².